The number of hydrogen-bond acceptors (Lipinski definition) is 9. The molecule has 1 unspecified atom stereocenters. The first kappa shape index (κ1) is 38.3. The van der Waals surface area contributed by atoms with Crippen LogP contribution in [0.25, 0.3) is 0 Å². The van der Waals surface area contributed by atoms with E-state index in [1.807, 2.05) is 24.3 Å². The number of carbonyl (C=O) groups excluding carboxylic acids is 5. The van der Waals surface area contributed by atoms with Gasteiger partial charge in [0.15, 0.2) is 0 Å². The minimum absolute atomic E-state index is 0.0760. The first-order chi connectivity index (χ1) is 25.7. The molecule has 0 bridgehead atoms. The summed E-state index contributed by atoms with van der Waals surface area (Å²) in [5, 5.41) is 21.7. The number of carbonyl (C=O) groups is 5. The summed E-state index contributed by atoms with van der Waals surface area (Å²) in [6, 6.07) is 18.5. The fourth-order valence-corrected chi connectivity index (χ4v) is 8.48. The maximum Gasteiger partial charge on any atom is 0.264 e. The summed E-state index contributed by atoms with van der Waals surface area (Å²) in [7, 11) is 0. The number of fused-ring (bicyclic) bond motifs is 1. The number of imide groups is 2. The molecule has 3 aromatic carbocycles. The summed E-state index contributed by atoms with van der Waals surface area (Å²) in [5.41, 5.74) is 2.25. The molecule has 2 fully saturated rings. The normalized spacial score (nSPS) is 21.0. The largest absolute Gasteiger partial charge is 0.489 e. The number of piperidine rings is 1. The van der Waals surface area contributed by atoms with Gasteiger partial charge in [0.25, 0.3) is 17.7 Å². The van der Waals surface area contributed by atoms with Crippen LogP contribution in [0.2, 0.25) is 5.02 Å². The standard InChI is InChI=1S/C41H45ClN6O6/c1-40(2)38(41(3,4)39(40)54-27-17-14-25(23-43)29(42)22-27)47-34(50)24-12-15-26(16-13-24)44-20-7-5-6-8-21-45-30-11-9-10-28-33(30)37(53)48(36(28)52)31-18-19-32(49)46-35(31)51/h9-17,22,31,38-39,44-45H,5-8,18-21H2,1-4H3,(H,47,50)(H,46,49,51). The second kappa shape index (κ2) is 15.5. The Balaban J connectivity index is 0.906. The number of halogens is 1. The second-order valence-corrected chi connectivity index (χ2v) is 15.7. The first-order valence-corrected chi connectivity index (χ1v) is 18.7. The van der Waals surface area contributed by atoms with Crippen molar-refractivity contribution < 1.29 is 28.7 Å². The van der Waals surface area contributed by atoms with Crippen molar-refractivity contribution in [3.8, 4) is 11.8 Å². The molecule has 13 heteroatoms. The molecular weight excluding hydrogens is 708 g/mol. The summed E-state index contributed by atoms with van der Waals surface area (Å²) in [6.45, 7) is 9.67. The quantitative estimate of drug-likeness (QED) is 0.109. The lowest BCUT2D eigenvalue weighted by atomic mass is 9.49. The van der Waals surface area contributed by atoms with Crippen molar-refractivity contribution in [2.75, 3.05) is 23.7 Å². The van der Waals surface area contributed by atoms with Crippen LogP contribution in [0.15, 0.2) is 60.7 Å². The molecule has 5 amide bonds. The average Bonchev–Trinajstić information content (AvgIpc) is 3.39. The SMILES string of the molecule is CC1(C)C(NC(=O)c2ccc(NCCCCCCNc3cccc4c3C(=O)N(C3CCC(=O)NC3=O)C4=O)cc2)C(C)(C)C1Oc1ccc(C#N)c(Cl)c1. The number of amides is 5. The lowest BCUT2D eigenvalue weighted by molar-refractivity contribution is -0.164. The third-order valence-electron chi connectivity index (χ3n) is 10.8. The fourth-order valence-electron chi connectivity index (χ4n) is 8.27. The molecule has 1 atom stereocenters. The van der Waals surface area contributed by atoms with Gasteiger partial charge in [-0.25, -0.2) is 0 Å². The van der Waals surface area contributed by atoms with Gasteiger partial charge in [0.1, 0.15) is 24.0 Å². The van der Waals surface area contributed by atoms with E-state index in [4.69, 9.17) is 16.3 Å². The molecule has 2 heterocycles. The van der Waals surface area contributed by atoms with Gasteiger partial charge in [0.05, 0.1) is 21.7 Å². The van der Waals surface area contributed by atoms with Crippen LogP contribution in [-0.2, 0) is 9.59 Å². The Morgan fingerprint density at radius 2 is 1.61 bits per heavy atom. The number of nitriles is 1. The van der Waals surface area contributed by atoms with Crippen molar-refractivity contribution in [3.05, 3.63) is 87.9 Å². The molecule has 282 valence electrons. The number of unbranched alkanes of at least 4 members (excludes halogenated alkanes) is 3. The molecule has 0 spiro atoms. The summed E-state index contributed by atoms with van der Waals surface area (Å²) >= 11 is 6.22. The van der Waals surface area contributed by atoms with Crippen molar-refractivity contribution in [1.82, 2.24) is 15.5 Å². The van der Waals surface area contributed by atoms with E-state index >= 15 is 0 Å². The van der Waals surface area contributed by atoms with Crippen LogP contribution in [0.5, 0.6) is 5.75 Å². The Labute approximate surface area is 319 Å². The minimum atomic E-state index is -0.995. The van der Waals surface area contributed by atoms with E-state index in [9.17, 15) is 29.2 Å². The van der Waals surface area contributed by atoms with Crippen LogP contribution in [0, 0.1) is 22.2 Å². The maximum atomic E-state index is 13.3. The van der Waals surface area contributed by atoms with Gasteiger partial charge in [-0.2, -0.15) is 5.26 Å². The second-order valence-electron chi connectivity index (χ2n) is 15.3. The van der Waals surface area contributed by atoms with Crippen LogP contribution in [0.3, 0.4) is 0 Å². The Bertz CT molecular complexity index is 2010. The third kappa shape index (κ3) is 7.51. The Hall–Kier alpha value is -5.41. The van der Waals surface area contributed by atoms with Gasteiger partial charge >= 0.3 is 0 Å². The van der Waals surface area contributed by atoms with Crippen LogP contribution >= 0.6 is 11.6 Å². The highest BCUT2D eigenvalue weighted by Gasteiger charge is 2.64. The smallest absolute Gasteiger partial charge is 0.264 e. The van der Waals surface area contributed by atoms with Crippen molar-refractivity contribution in [3.63, 3.8) is 0 Å². The highest BCUT2D eigenvalue weighted by molar-refractivity contribution is 6.31. The molecule has 1 aliphatic carbocycles. The highest BCUT2D eigenvalue weighted by atomic mass is 35.5. The molecule has 3 aromatic rings. The van der Waals surface area contributed by atoms with Gasteiger partial charge in [-0.3, -0.25) is 34.2 Å². The van der Waals surface area contributed by atoms with Crippen LogP contribution in [0.1, 0.15) is 103 Å². The predicted octanol–water partition coefficient (Wildman–Crippen LogP) is 6.31. The number of anilines is 2. The molecule has 2 aliphatic heterocycles. The molecular formula is C41H45ClN6O6. The van der Waals surface area contributed by atoms with Gasteiger partial charge in [0.2, 0.25) is 11.8 Å². The molecule has 54 heavy (non-hydrogen) atoms. The lowest BCUT2D eigenvalue weighted by Gasteiger charge is -2.63. The van der Waals surface area contributed by atoms with E-state index < -0.39 is 29.7 Å². The minimum Gasteiger partial charge on any atom is -0.489 e. The van der Waals surface area contributed by atoms with Crippen LogP contribution in [-0.4, -0.2) is 65.7 Å². The van der Waals surface area contributed by atoms with E-state index in [-0.39, 0.29) is 52.9 Å². The molecule has 6 rings (SSSR count). The van der Waals surface area contributed by atoms with E-state index in [2.05, 4.69) is 55.0 Å². The predicted molar refractivity (Wildman–Crippen MR) is 204 cm³/mol. The molecule has 1 saturated carbocycles. The van der Waals surface area contributed by atoms with Crippen molar-refractivity contribution in [2.24, 2.45) is 10.8 Å². The van der Waals surface area contributed by atoms with E-state index in [1.54, 1.807) is 36.4 Å². The van der Waals surface area contributed by atoms with Crippen LogP contribution < -0.4 is 26.0 Å². The van der Waals surface area contributed by atoms with Gasteiger partial charge in [-0.05, 0) is 67.8 Å². The van der Waals surface area contributed by atoms with Gasteiger partial charge in [0, 0.05) is 59.4 Å². The number of ether oxygens (including phenoxy) is 1. The fraction of sp³-hybridized carbons (Fsp3) is 0.415. The van der Waals surface area contributed by atoms with E-state index in [1.165, 1.54) is 0 Å². The number of hydrogen-bond donors (Lipinski definition) is 4. The maximum absolute atomic E-state index is 13.3. The number of benzene rings is 3. The summed E-state index contributed by atoms with van der Waals surface area (Å²) in [4.78, 5) is 64.6. The topological polar surface area (TPSA) is 170 Å². The molecule has 1 saturated heterocycles. The third-order valence-corrected chi connectivity index (χ3v) is 11.1. The van der Waals surface area contributed by atoms with Gasteiger partial charge in [-0.1, -0.05) is 58.2 Å². The zero-order valence-electron chi connectivity index (χ0n) is 30.9. The molecule has 3 aliphatic rings. The number of nitrogens with one attached hydrogen (secondary N) is 4. The Morgan fingerprint density at radius 3 is 2.26 bits per heavy atom. The van der Waals surface area contributed by atoms with E-state index in [0.29, 0.717) is 34.1 Å². The van der Waals surface area contributed by atoms with Crippen molar-refractivity contribution in [2.45, 2.75) is 84.4 Å². The van der Waals surface area contributed by atoms with Crippen LogP contribution in [0.4, 0.5) is 11.4 Å². The molecule has 12 nitrogen and oxygen atoms in total. The monoisotopic (exact) mass is 752 g/mol. The average molecular weight is 753 g/mol. The Kier molecular flexibility index (Phi) is 11.0. The van der Waals surface area contributed by atoms with E-state index in [0.717, 1.165) is 42.8 Å². The molecule has 0 radical (unpaired) electrons. The molecule has 4 N–H and O–H groups in total. The van der Waals surface area contributed by atoms with Gasteiger partial charge < -0.3 is 20.7 Å². The van der Waals surface area contributed by atoms with Gasteiger partial charge in [-0.15, -0.1) is 0 Å². The summed E-state index contributed by atoms with van der Waals surface area (Å²) in [6.07, 6.45) is 3.75. The Morgan fingerprint density at radius 1 is 0.926 bits per heavy atom. The zero-order valence-corrected chi connectivity index (χ0v) is 31.6. The van der Waals surface area contributed by atoms with Crippen molar-refractivity contribution >= 4 is 52.5 Å². The first-order valence-electron chi connectivity index (χ1n) is 18.3. The summed E-state index contributed by atoms with van der Waals surface area (Å²) < 4.78 is 6.34. The molecule has 0 aromatic heterocycles. The highest BCUT2D eigenvalue weighted by Crippen LogP contribution is 2.55. The number of rotatable bonds is 14. The zero-order chi connectivity index (χ0) is 38.8. The summed E-state index contributed by atoms with van der Waals surface area (Å²) in [5.74, 6) is -1.64. The number of nitrogens with zero attached hydrogens (tertiary/aromatic N) is 2. The lowest BCUT2D eigenvalue weighted by Crippen LogP contribution is -2.74. The van der Waals surface area contributed by atoms with Crippen molar-refractivity contribution in [1.29, 1.82) is 5.26 Å².